The van der Waals surface area contributed by atoms with E-state index in [2.05, 4.69) is 17.9 Å². The van der Waals surface area contributed by atoms with E-state index in [0.29, 0.717) is 17.3 Å². The predicted octanol–water partition coefficient (Wildman–Crippen LogP) is 1.74. The highest BCUT2D eigenvalue weighted by Crippen LogP contribution is 2.30. The van der Waals surface area contributed by atoms with Gasteiger partial charge in [0.25, 0.3) is 0 Å². The van der Waals surface area contributed by atoms with Crippen molar-refractivity contribution in [2.45, 2.75) is 19.4 Å². The molecule has 0 amide bonds. The molecular formula is C11H13N3. The second-order valence-corrected chi connectivity index (χ2v) is 3.72. The van der Waals surface area contributed by atoms with Gasteiger partial charge in [-0.2, -0.15) is 5.26 Å². The highest BCUT2D eigenvalue weighted by molar-refractivity contribution is 5.65. The Kier molecular flexibility index (Phi) is 2.05. The van der Waals surface area contributed by atoms with Crippen LogP contribution in [0.5, 0.6) is 0 Å². The Morgan fingerprint density at radius 1 is 1.57 bits per heavy atom. The van der Waals surface area contributed by atoms with Crippen LogP contribution in [0.15, 0.2) is 18.2 Å². The first-order valence-corrected chi connectivity index (χ1v) is 4.78. The van der Waals surface area contributed by atoms with Gasteiger partial charge in [0.15, 0.2) is 0 Å². The number of anilines is 2. The summed E-state index contributed by atoms with van der Waals surface area (Å²) in [5.74, 6) is 0. The molecule has 0 saturated carbocycles. The number of nitrogens with zero attached hydrogens (tertiary/aromatic N) is 2. The monoisotopic (exact) mass is 187 g/mol. The molecule has 1 unspecified atom stereocenters. The maximum absolute atomic E-state index is 8.97. The first-order chi connectivity index (χ1) is 6.72. The molecule has 0 aliphatic carbocycles. The minimum Gasteiger partial charge on any atom is -0.399 e. The minimum atomic E-state index is 0.547. The summed E-state index contributed by atoms with van der Waals surface area (Å²) in [5.41, 5.74) is 7.97. The molecule has 1 heterocycles. The molecule has 1 aromatic rings. The van der Waals surface area contributed by atoms with E-state index in [9.17, 15) is 0 Å². The number of benzene rings is 1. The van der Waals surface area contributed by atoms with Gasteiger partial charge in [0.2, 0.25) is 0 Å². The van der Waals surface area contributed by atoms with Crippen LogP contribution in [-0.2, 0) is 0 Å². The molecule has 3 heteroatoms. The number of hydrogen-bond acceptors (Lipinski definition) is 3. The SMILES string of the molecule is CC1CCN1c1ccc(N)cc1C#N. The van der Waals surface area contributed by atoms with E-state index in [4.69, 9.17) is 11.0 Å². The summed E-state index contributed by atoms with van der Waals surface area (Å²) in [6.45, 7) is 3.21. The average molecular weight is 187 g/mol. The van der Waals surface area contributed by atoms with Crippen LogP contribution in [0, 0.1) is 11.3 Å². The third-order valence-electron chi connectivity index (χ3n) is 2.77. The molecule has 2 N–H and O–H groups in total. The van der Waals surface area contributed by atoms with Gasteiger partial charge in [-0.15, -0.1) is 0 Å². The van der Waals surface area contributed by atoms with Crippen molar-refractivity contribution in [1.82, 2.24) is 0 Å². The first kappa shape index (κ1) is 8.89. The van der Waals surface area contributed by atoms with Crippen LogP contribution in [0.3, 0.4) is 0 Å². The van der Waals surface area contributed by atoms with Crippen molar-refractivity contribution in [3.63, 3.8) is 0 Å². The van der Waals surface area contributed by atoms with Crippen LogP contribution in [0.1, 0.15) is 18.9 Å². The predicted molar refractivity (Wildman–Crippen MR) is 57.0 cm³/mol. The molecule has 0 radical (unpaired) electrons. The van der Waals surface area contributed by atoms with Crippen molar-refractivity contribution < 1.29 is 0 Å². The average Bonchev–Trinajstić information content (AvgIpc) is 2.18. The molecule has 0 aromatic heterocycles. The first-order valence-electron chi connectivity index (χ1n) is 4.78. The van der Waals surface area contributed by atoms with Gasteiger partial charge in [0, 0.05) is 18.3 Å². The molecular weight excluding hydrogens is 174 g/mol. The molecule has 1 atom stereocenters. The lowest BCUT2D eigenvalue weighted by Crippen LogP contribution is -2.46. The number of rotatable bonds is 1. The third-order valence-corrected chi connectivity index (χ3v) is 2.77. The zero-order chi connectivity index (χ0) is 10.1. The van der Waals surface area contributed by atoms with Crippen LogP contribution >= 0.6 is 0 Å². The van der Waals surface area contributed by atoms with Crippen molar-refractivity contribution >= 4 is 11.4 Å². The minimum absolute atomic E-state index is 0.547. The van der Waals surface area contributed by atoms with Gasteiger partial charge in [0.05, 0.1) is 11.3 Å². The van der Waals surface area contributed by atoms with Crippen LogP contribution in [0.4, 0.5) is 11.4 Å². The topological polar surface area (TPSA) is 53.0 Å². The largest absolute Gasteiger partial charge is 0.399 e. The van der Waals surface area contributed by atoms with E-state index in [0.717, 1.165) is 12.2 Å². The van der Waals surface area contributed by atoms with Gasteiger partial charge in [-0.05, 0) is 31.5 Å². The lowest BCUT2D eigenvalue weighted by Gasteiger charge is -2.41. The van der Waals surface area contributed by atoms with Gasteiger partial charge < -0.3 is 10.6 Å². The Balaban J connectivity index is 2.38. The normalized spacial score (nSPS) is 20.0. The standard InChI is InChI=1S/C11H13N3/c1-8-4-5-14(8)11-3-2-10(13)6-9(11)7-12/h2-3,6,8H,4-5,13H2,1H3. The molecule has 0 bridgehead atoms. The summed E-state index contributed by atoms with van der Waals surface area (Å²) in [6.07, 6.45) is 1.20. The molecule has 1 aliphatic rings. The van der Waals surface area contributed by atoms with Crippen LogP contribution < -0.4 is 10.6 Å². The molecule has 2 rings (SSSR count). The summed E-state index contributed by atoms with van der Waals surface area (Å²) in [7, 11) is 0. The molecule has 1 aliphatic heterocycles. The fraction of sp³-hybridized carbons (Fsp3) is 0.364. The summed E-state index contributed by atoms with van der Waals surface area (Å²) >= 11 is 0. The summed E-state index contributed by atoms with van der Waals surface area (Å²) in [4.78, 5) is 2.23. The summed E-state index contributed by atoms with van der Waals surface area (Å²) in [6, 6.07) is 8.25. The van der Waals surface area contributed by atoms with Crippen LogP contribution in [-0.4, -0.2) is 12.6 Å². The van der Waals surface area contributed by atoms with Gasteiger partial charge in [-0.3, -0.25) is 0 Å². The number of nitrogen functional groups attached to an aromatic ring is 1. The summed E-state index contributed by atoms with van der Waals surface area (Å²) < 4.78 is 0. The second-order valence-electron chi connectivity index (χ2n) is 3.72. The molecule has 14 heavy (non-hydrogen) atoms. The van der Waals surface area contributed by atoms with Crippen LogP contribution in [0.2, 0.25) is 0 Å². The van der Waals surface area contributed by atoms with E-state index >= 15 is 0 Å². The van der Waals surface area contributed by atoms with Gasteiger partial charge in [-0.25, -0.2) is 0 Å². The Hall–Kier alpha value is -1.69. The van der Waals surface area contributed by atoms with Crippen molar-refractivity contribution in [2.24, 2.45) is 0 Å². The molecule has 0 spiro atoms. The van der Waals surface area contributed by atoms with E-state index in [1.807, 2.05) is 12.1 Å². The van der Waals surface area contributed by atoms with E-state index < -0.39 is 0 Å². The number of nitrogens with two attached hydrogens (primary N) is 1. The Morgan fingerprint density at radius 3 is 2.86 bits per heavy atom. The van der Waals surface area contributed by atoms with Crippen LogP contribution in [0.25, 0.3) is 0 Å². The number of hydrogen-bond donors (Lipinski definition) is 1. The maximum atomic E-state index is 8.97. The third kappa shape index (κ3) is 1.29. The van der Waals surface area contributed by atoms with Gasteiger partial charge in [0.1, 0.15) is 6.07 Å². The molecule has 72 valence electrons. The Morgan fingerprint density at radius 2 is 2.36 bits per heavy atom. The lowest BCUT2D eigenvalue weighted by atomic mass is 10.0. The van der Waals surface area contributed by atoms with Gasteiger partial charge >= 0.3 is 0 Å². The van der Waals surface area contributed by atoms with Crippen molar-refractivity contribution in [1.29, 1.82) is 5.26 Å². The molecule has 1 saturated heterocycles. The molecule has 1 fully saturated rings. The van der Waals surface area contributed by atoms with Crippen molar-refractivity contribution in [2.75, 3.05) is 17.2 Å². The van der Waals surface area contributed by atoms with E-state index in [1.54, 1.807) is 6.07 Å². The Bertz CT molecular complexity index is 392. The maximum Gasteiger partial charge on any atom is 0.101 e. The Labute approximate surface area is 83.7 Å². The number of nitriles is 1. The summed E-state index contributed by atoms with van der Waals surface area (Å²) in [5, 5.41) is 8.97. The van der Waals surface area contributed by atoms with Crippen molar-refractivity contribution in [3.05, 3.63) is 23.8 Å². The van der Waals surface area contributed by atoms with E-state index in [1.165, 1.54) is 6.42 Å². The molecule has 1 aromatic carbocycles. The second kappa shape index (κ2) is 3.22. The van der Waals surface area contributed by atoms with Gasteiger partial charge in [-0.1, -0.05) is 0 Å². The fourth-order valence-corrected chi connectivity index (χ4v) is 1.77. The molecule has 3 nitrogen and oxygen atoms in total. The smallest absolute Gasteiger partial charge is 0.101 e. The zero-order valence-corrected chi connectivity index (χ0v) is 8.20. The lowest BCUT2D eigenvalue weighted by molar-refractivity contribution is 0.481. The highest BCUT2D eigenvalue weighted by atomic mass is 15.2. The highest BCUT2D eigenvalue weighted by Gasteiger charge is 2.25. The zero-order valence-electron chi connectivity index (χ0n) is 8.20. The fourth-order valence-electron chi connectivity index (χ4n) is 1.77. The quantitative estimate of drug-likeness (QED) is 0.681. The van der Waals surface area contributed by atoms with Crippen molar-refractivity contribution in [3.8, 4) is 6.07 Å². The van der Waals surface area contributed by atoms with E-state index in [-0.39, 0.29) is 0 Å².